The topological polar surface area (TPSA) is 84.2 Å². The third kappa shape index (κ3) is 4.12. The quantitative estimate of drug-likeness (QED) is 0.697. The fraction of sp³-hybridized carbons (Fsp3) is 0.300. The van der Waals surface area contributed by atoms with Gasteiger partial charge in [0, 0.05) is 24.8 Å². The lowest BCUT2D eigenvalue weighted by atomic mass is 10.0. The van der Waals surface area contributed by atoms with Gasteiger partial charge in [0.25, 0.3) is 0 Å². The summed E-state index contributed by atoms with van der Waals surface area (Å²) < 4.78 is 43.7. The Hall–Kier alpha value is -3.43. The Kier molecular flexibility index (Phi) is 5.15. The van der Waals surface area contributed by atoms with E-state index in [1.807, 2.05) is 18.2 Å². The minimum absolute atomic E-state index is 0.00843. The molecule has 30 heavy (non-hydrogen) atoms. The van der Waals surface area contributed by atoms with Crippen LogP contribution in [-0.4, -0.2) is 32.6 Å². The number of carbonyl (C=O) groups excluding carboxylic acids is 1. The van der Waals surface area contributed by atoms with E-state index in [0.29, 0.717) is 13.1 Å². The monoisotopic (exact) mass is 417 g/mol. The molecule has 4 rings (SSSR count). The lowest BCUT2D eigenvalue weighted by molar-refractivity contribution is -0.141. The summed E-state index contributed by atoms with van der Waals surface area (Å²) in [5, 5.41) is 6.53. The highest BCUT2D eigenvalue weighted by Crippen LogP contribution is 2.30. The van der Waals surface area contributed by atoms with Gasteiger partial charge in [-0.25, -0.2) is 4.79 Å². The third-order valence-electron chi connectivity index (χ3n) is 4.88. The maximum atomic E-state index is 12.9. The van der Waals surface area contributed by atoms with Crippen LogP contribution in [0.15, 0.2) is 47.1 Å². The van der Waals surface area contributed by atoms with Crippen molar-refractivity contribution in [2.24, 2.45) is 0 Å². The van der Waals surface area contributed by atoms with Gasteiger partial charge in [-0.1, -0.05) is 29.4 Å². The summed E-state index contributed by atoms with van der Waals surface area (Å²) in [5.41, 5.74) is 1.41. The van der Waals surface area contributed by atoms with Crippen LogP contribution in [0.4, 0.5) is 18.0 Å². The number of nitrogens with zero attached hydrogens (tertiary/aromatic N) is 4. The number of hydrogen-bond acceptors (Lipinski definition) is 5. The normalized spacial score (nSPS) is 14.9. The molecule has 10 heteroatoms. The number of alkyl halides is 3. The molecule has 3 aromatic rings. The number of pyridine rings is 1. The molecular formula is C20H18F3N5O2. The van der Waals surface area contributed by atoms with E-state index >= 15 is 0 Å². The van der Waals surface area contributed by atoms with Crippen molar-refractivity contribution in [3.8, 4) is 11.4 Å². The van der Waals surface area contributed by atoms with Crippen molar-refractivity contribution in [3.05, 3.63) is 65.3 Å². The Morgan fingerprint density at radius 2 is 2.00 bits per heavy atom. The number of halogens is 3. The number of carbonyl (C=O) groups is 1. The fourth-order valence-corrected chi connectivity index (χ4v) is 3.26. The molecule has 1 aromatic carbocycles. The molecule has 0 saturated heterocycles. The first kappa shape index (κ1) is 19.9. The fourth-order valence-electron chi connectivity index (χ4n) is 3.26. The van der Waals surface area contributed by atoms with Crippen LogP contribution in [0.3, 0.4) is 0 Å². The van der Waals surface area contributed by atoms with Crippen molar-refractivity contribution < 1.29 is 22.5 Å². The molecule has 1 aliphatic heterocycles. The van der Waals surface area contributed by atoms with Crippen LogP contribution in [0.25, 0.3) is 11.4 Å². The molecule has 2 amide bonds. The van der Waals surface area contributed by atoms with Crippen molar-refractivity contribution in [1.29, 1.82) is 0 Å². The molecule has 0 bridgehead atoms. The molecule has 1 N–H and O–H groups in total. The third-order valence-corrected chi connectivity index (χ3v) is 4.88. The van der Waals surface area contributed by atoms with E-state index in [0.717, 1.165) is 24.2 Å². The first-order chi connectivity index (χ1) is 14.3. The number of hydrogen-bond donors (Lipinski definition) is 1. The highest BCUT2D eigenvalue weighted by Gasteiger charge is 2.33. The van der Waals surface area contributed by atoms with Crippen LogP contribution >= 0.6 is 0 Å². The predicted molar refractivity (Wildman–Crippen MR) is 100 cm³/mol. The zero-order valence-electron chi connectivity index (χ0n) is 16.0. The van der Waals surface area contributed by atoms with Crippen molar-refractivity contribution in [3.63, 3.8) is 0 Å². The molecule has 0 fully saturated rings. The van der Waals surface area contributed by atoms with Gasteiger partial charge in [0.1, 0.15) is 11.7 Å². The van der Waals surface area contributed by atoms with Crippen LogP contribution in [0.5, 0.6) is 0 Å². The standard InChI is InChI=1S/C20H18F3N5O2/c1-12(25-19(29)28-9-7-13-4-2-3-5-15(13)11-28)18-26-17(27-30-18)14-6-8-24-16(10-14)20(21,22)23/h2-6,8,10,12H,7,9,11H2,1H3,(H,25,29)/t12-/m0/s1. The second-order valence-corrected chi connectivity index (χ2v) is 7.00. The second kappa shape index (κ2) is 7.77. The molecular weight excluding hydrogens is 399 g/mol. The van der Waals surface area contributed by atoms with Crippen molar-refractivity contribution >= 4 is 6.03 Å². The molecule has 3 heterocycles. The van der Waals surface area contributed by atoms with Crippen molar-refractivity contribution in [2.45, 2.75) is 32.1 Å². The van der Waals surface area contributed by atoms with Gasteiger partial charge in [0.15, 0.2) is 0 Å². The molecule has 0 radical (unpaired) electrons. The Morgan fingerprint density at radius 3 is 2.77 bits per heavy atom. The van der Waals surface area contributed by atoms with E-state index in [1.165, 1.54) is 11.6 Å². The SMILES string of the molecule is C[C@H](NC(=O)N1CCc2ccccc2C1)c1nc(-c2ccnc(C(F)(F)F)c2)no1. The van der Waals surface area contributed by atoms with E-state index in [-0.39, 0.29) is 23.3 Å². The van der Waals surface area contributed by atoms with Gasteiger partial charge in [-0.3, -0.25) is 4.98 Å². The molecule has 156 valence electrons. The molecule has 1 aliphatic rings. The predicted octanol–water partition coefficient (Wildman–Crippen LogP) is 3.98. The zero-order chi connectivity index (χ0) is 21.3. The summed E-state index contributed by atoms with van der Waals surface area (Å²) in [7, 11) is 0. The van der Waals surface area contributed by atoms with Gasteiger partial charge < -0.3 is 14.7 Å². The maximum absolute atomic E-state index is 12.9. The van der Waals surface area contributed by atoms with Crippen LogP contribution in [-0.2, 0) is 19.1 Å². The number of aromatic nitrogens is 3. The minimum atomic E-state index is -4.57. The summed E-state index contributed by atoms with van der Waals surface area (Å²) in [6.07, 6.45) is -2.77. The zero-order valence-corrected chi connectivity index (χ0v) is 16.0. The van der Waals surface area contributed by atoms with Crippen LogP contribution in [0.1, 0.15) is 35.7 Å². The lowest BCUT2D eigenvalue weighted by Crippen LogP contribution is -2.43. The molecule has 0 spiro atoms. The van der Waals surface area contributed by atoms with Crippen molar-refractivity contribution in [2.75, 3.05) is 6.54 Å². The molecule has 7 nitrogen and oxygen atoms in total. The van der Waals surface area contributed by atoms with Gasteiger partial charge >= 0.3 is 12.2 Å². The highest BCUT2D eigenvalue weighted by atomic mass is 19.4. The number of rotatable bonds is 3. The van der Waals surface area contributed by atoms with E-state index in [1.54, 1.807) is 11.8 Å². The Labute approximate surface area is 169 Å². The summed E-state index contributed by atoms with van der Waals surface area (Å²) in [6.45, 7) is 2.75. The number of fused-ring (bicyclic) bond motifs is 1. The number of urea groups is 1. The average Bonchev–Trinajstić information content (AvgIpc) is 3.23. The van der Waals surface area contributed by atoms with Gasteiger partial charge in [-0.15, -0.1) is 0 Å². The summed E-state index contributed by atoms with van der Waals surface area (Å²) in [6, 6.07) is 9.28. The number of amides is 2. The van der Waals surface area contributed by atoms with Gasteiger partial charge in [-0.2, -0.15) is 18.2 Å². The van der Waals surface area contributed by atoms with E-state index in [2.05, 4.69) is 26.5 Å². The molecule has 0 unspecified atom stereocenters. The molecule has 2 aromatic heterocycles. The van der Waals surface area contributed by atoms with E-state index in [9.17, 15) is 18.0 Å². The van der Waals surface area contributed by atoms with Crippen LogP contribution in [0.2, 0.25) is 0 Å². The molecule has 1 atom stereocenters. The van der Waals surface area contributed by atoms with Gasteiger partial charge in [0.05, 0.1) is 0 Å². The summed E-state index contributed by atoms with van der Waals surface area (Å²) in [5.74, 6) is 0.0898. The van der Waals surface area contributed by atoms with Crippen LogP contribution in [0, 0.1) is 0 Å². The number of benzene rings is 1. The van der Waals surface area contributed by atoms with Gasteiger partial charge in [-0.05, 0) is 36.6 Å². The maximum Gasteiger partial charge on any atom is 0.433 e. The summed E-state index contributed by atoms with van der Waals surface area (Å²) in [4.78, 5) is 21.7. The molecule has 0 aliphatic carbocycles. The van der Waals surface area contributed by atoms with Gasteiger partial charge in [0.2, 0.25) is 11.7 Å². The first-order valence-electron chi connectivity index (χ1n) is 9.30. The second-order valence-electron chi connectivity index (χ2n) is 7.00. The Bertz CT molecular complexity index is 1070. The lowest BCUT2D eigenvalue weighted by Gasteiger charge is -2.29. The highest BCUT2D eigenvalue weighted by molar-refractivity contribution is 5.75. The average molecular weight is 417 g/mol. The van der Waals surface area contributed by atoms with E-state index in [4.69, 9.17) is 4.52 Å². The largest absolute Gasteiger partial charge is 0.433 e. The van der Waals surface area contributed by atoms with Crippen molar-refractivity contribution in [1.82, 2.24) is 25.3 Å². The Morgan fingerprint density at radius 1 is 1.23 bits per heavy atom. The Balaban J connectivity index is 1.43. The van der Waals surface area contributed by atoms with Crippen LogP contribution < -0.4 is 5.32 Å². The number of nitrogens with one attached hydrogen (secondary N) is 1. The minimum Gasteiger partial charge on any atom is -0.337 e. The first-order valence-corrected chi connectivity index (χ1v) is 9.30. The van der Waals surface area contributed by atoms with E-state index < -0.39 is 17.9 Å². The smallest absolute Gasteiger partial charge is 0.337 e. The summed E-state index contributed by atoms with van der Waals surface area (Å²) >= 11 is 0. The molecule has 0 saturated carbocycles.